The van der Waals surface area contributed by atoms with Gasteiger partial charge in [0.1, 0.15) is 5.82 Å². The van der Waals surface area contributed by atoms with Crippen molar-refractivity contribution >= 4 is 17.0 Å². The van der Waals surface area contributed by atoms with E-state index < -0.39 is 5.82 Å². The van der Waals surface area contributed by atoms with E-state index in [9.17, 15) is 9.65 Å². The SMILES string of the molecule is N#Cc1ccc(CCN2CCC(Nc3nc4ccccc4n3Cc3ccc(F)cc3C#N)CC2)cc1. The van der Waals surface area contributed by atoms with Crippen LogP contribution in [0.1, 0.15) is 35.1 Å². The number of fused-ring (bicyclic) bond motifs is 1. The number of nitriles is 2. The lowest BCUT2D eigenvalue weighted by Crippen LogP contribution is -2.40. The second kappa shape index (κ2) is 10.6. The summed E-state index contributed by atoms with van der Waals surface area (Å²) in [5.41, 5.74) is 4.92. The van der Waals surface area contributed by atoms with Crippen LogP contribution >= 0.6 is 0 Å². The van der Waals surface area contributed by atoms with Crippen LogP contribution in [0.2, 0.25) is 0 Å². The van der Waals surface area contributed by atoms with E-state index in [-0.39, 0.29) is 0 Å². The molecular weight excluding hydrogens is 451 g/mol. The number of nitrogens with one attached hydrogen (secondary N) is 1. The highest BCUT2D eigenvalue weighted by molar-refractivity contribution is 5.78. The van der Waals surface area contributed by atoms with Crippen LogP contribution in [0.5, 0.6) is 0 Å². The standard InChI is InChI=1S/C29H27FN6/c30-25-10-9-23(24(17-25)19-32)20-36-28-4-2-1-3-27(28)34-29(36)33-26-12-15-35(16-13-26)14-11-21-5-7-22(18-31)8-6-21/h1-10,17,26H,11-16,20H2,(H,33,34). The summed E-state index contributed by atoms with van der Waals surface area (Å²) in [5, 5.41) is 22.1. The summed E-state index contributed by atoms with van der Waals surface area (Å²) in [6.45, 7) is 3.45. The molecule has 0 radical (unpaired) electrons. The minimum absolute atomic E-state index is 0.301. The topological polar surface area (TPSA) is 80.7 Å². The van der Waals surface area contributed by atoms with Crippen LogP contribution in [-0.2, 0) is 13.0 Å². The lowest BCUT2D eigenvalue weighted by Gasteiger charge is -2.32. The second-order valence-corrected chi connectivity index (χ2v) is 9.24. The molecule has 7 heteroatoms. The molecule has 0 saturated carbocycles. The van der Waals surface area contributed by atoms with E-state index in [1.54, 1.807) is 6.07 Å². The van der Waals surface area contributed by atoms with Crippen molar-refractivity contribution < 1.29 is 4.39 Å². The van der Waals surface area contributed by atoms with Crippen LogP contribution in [0.3, 0.4) is 0 Å². The minimum atomic E-state index is -0.407. The highest BCUT2D eigenvalue weighted by Crippen LogP contribution is 2.25. The van der Waals surface area contributed by atoms with Crippen LogP contribution in [0.25, 0.3) is 11.0 Å². The highest BCUT2D eigenvalue weighted by atomic mass is 19.1. The molecule has 36 heavy (non-hydrogen) atoms. The van der Waals surface area contributed by atoms with Crippen LogP contribution in [0.15, 0.2) is 66.7 Å². The van der Waals surface area contributed by atoms with Gasteiger partial charge in [-0.05, 0) is 66.8 Å². The largest absolute Gasteiger partial charge is 0.353 e. The molecule has 5 rings (SSSR count). The van der Waals surface area contributed by atoms with Crippen molar-refractivity contribution in [2.24, 2.45) is 0 Å². The molecule has 3 aromatic carbocycles. The van der Waals surface area contributed by atoms with E-state index in [4.69, 9.17) is 10.2 Å². The number of anilines is 1. The Balaban J connectivity index is 1.25. The maximum atomic E-state index is 13.7. The molecule has 180 valence electrons. The number of piperidine rings is 1. The third-order valence-electron chi connectivity index (χ3n) is 6.90. The molecule has 0 unspecified atom stereocenters. The average Bonchev–Trinajstić information content (AvgIpc) is 3.26. The molecule has 0 bridgehead atoms. The number of hydrogen-bond acceptors (Lipinski definition) is 5. The summed E-state index contributed by atoms with van der Waals surface area (Å²) in [6.07, 6.45) is 2.99. The molecule has 0 amide bonds. The van der Waals surface area contributed by atoms with Gasteiger partial charge in [-0.1, -0.05) is 30.3 Å². The van der Waals surface area contributed by atoms with E-state index in [0.29, 0.717) is 23.7 Å². The molecule has 1 aliphatic rings. The zero-order valence-corrected chi connectivity index (χ0v) is 20.0. The number of hydrogen-bond donors (Lipinski definition) is 1. The maximum Gasteiger partial charge on any atom is 0.204 e. The summed E-state index contributed by atoms with van der Waals surface area (Å²) in [6, 6.07) is 24.7. The molecule has 4 aromatic rings. The van der Waals surface area contributed by atoms with E-state index in [1.807, 2.05) is 48.5 Å². The smallest absolute Gasteiger partial charge is 0.204 e. The van der Waals surface area contributed by atoms with Crippen molar-refractivity contribution in [2.75, 3.05) is 25.0 Å². The van der Waals surface area contributed by atoms with Crippen LogP contribution < -0.4 is 5.32 Å². The van der Waals surface area contributed by atoms with E-state index in [1.165, 1.54) is 17.7 Å². The summed E-state index contributed by atoms with van der Waals surface area (Å²) >= 11 is 0. The Kier molecular flexibility index (Phi) is 6.93. The Labute approximate surface area is 210 Å². The molecule has 1 N–H and O–H groups in total. The van der Waals surface area contributed by atoms with Gasteiger partial charge in [0, 0.05) is 25.7 Å². The van der Waals surface area contributed by atoms with E-state index in [0.717, 1.165) is 61.4 Å². The van der Waals surface area contributed by atoms with E-state index in [2.05, 4.69) is 26.9 Å². The van der Waals surface area contributed by atoms with Crippen molar-refractivity contribution in [1.29, 1.82) is 10.5 Å². The van der Waals surface area contributed by atoms with Crippen molar-refractivity contribution in [1.82, 2.24) is 14.5 Å². The Morgan fingerprint density at radius 2 is 1.75 bits per heavy atom. The molecule has 0 atom stereocenters. The fourth-order valence-corrected chi connectivity index (χ4v) is 4.82. The molecule has 0 aliphatic carbocycles. The Hall–Kier alpha value is -4.20. The lowest BCUT2D eigenvalue weighted by atomic mass is 10.0. The minimum Gasteiger partial charge on any atom is -0.353 e. The molecule has 0 spiro atoms. The first kappa shape index (κ1) is 23.5. The Morgan fingerprint density at radius 3 is 2.50 bits per heavy atom. The highest BCUT2D eigenvalue weighted by Gasteiger charge is 2.22. The van der Waals surface area contributed by atoms with Crippen molar-refractivity contribution in [2.45, 2.75) is 31.8 Å². The quantitative estimate of drug-likeness (QED) is 0.400. The first-order chi connectivity index (χ1) is 17.6. The third kappa shape index (κ3) is 5.22. The second-order valence-electron chi connectivity index (χ2n) is 9.24. The number of benzene rings is 3. The van der Waals surface area contributed by atoms with Gasteiger partial charge < -0.3 is 14.8 Å². The van der Waals surface area contributed by atoms with Gasteiger partial charge in [-0.25, -0.2) is 9.37 Å². The summed E-state index contributed by atoms with van der Waals surface area (Å²) in [5.74, 6) is 0.371. The first-order valence-electron chi connectivity index (χ1n) is 12.2. The monoisotopic (exact) mass is 478 g/mol. The predicted octanol–water partition coefficient (Wildman–Crippen LogP) is 5.09. The normalized spacial score (nSPS) is 14.4. The summed E-state index contributed by atoms with van der Waals surface area (Å²) in [4.78, 5) is 7.33. The molecule has 6 nitrogen and oxygen atoms in total. The van der Waals surface area contributed by atoms with Gasteiger partial charge in [-0.2, -0.15) is 10.5 Å². The number of aromatic nitrogens is 2. The van der Waals surface area contributed by atoms with Gasteiger partial charge in [-0.3, -0.25) is 0 Å². The molecular formula is C29H27FN6. The van der Waals surface area contributed by atoms with Gasteiger partial charge in [0.2, 0.25) is 5.95 Å². The van der Waals surface area contributed by atoms with Crippen molar-refractivity contribution in [3.63, 3.8) is 0 Å². The van der Waals surface area contributed by atoms with Gasteiger partial charge in [0.05, 0.1) is 40.8 Å². The van der Waals surface area contributed by atoms with Crippen molar-refractivity contribution in [3.05, 3.63) is 94.8 Å². The summed E-state index contributed by atoms with van der Waals surface area (Å²) < 4.78 is 15.8. The number of likely N-dealkylation sites (tertiary alicyclic amines) is 1. The number of para-hydroxylation sites is 2. The molecule has 1 aromatic heterocycles. The number of rotatable bonds is 7. The zero-order valence-electron chi connectivity index (χ0n) is 20.0. The van der Waals surface area contributed by atoms with Gasteiger partial charge in [0.15, 0.2) is 0 Å². The van der Waals surface area contributed by atoms with Crippen molar-refractivity contribution in [3.8, 4) is 12.1 Å². The number of nitrogens with zero attached hydrogens (tertiary/aromatic N) is 5. The van der Waals surface area contributed by atoms with Gasteiger partial charge in [0.25, 0.3) is 0 Å². The Bertz CT molecular complexity index is 1440. The number of imidazole rings is 1. The summed E-state index contributed by atoms with van der Waals surface area (Å²) in [7, 11) is 0. The molecule has 1 saturated heterocycles. The van der Waals surface area contributed by atoms with Crippen LogP contribution in [-0.4, -0.2) is 40.1 Å². The molecule has 1 aliphatic heterocycles. The zero-order chi connectivity index (χ0) is 24.9. The molecule has 2 heterocycles. The first-order valence-corrected chi connectivity index (χ1v) is 12.2. The lowest BCUT2D eigenvalue weighted by molar-refractivity contribution is 0.221. The molecule has 1 fully saturated rings. The predicted molar refractivity (Wildman–Crippen MR) is 138 cm³/mol. The van der Waals surface area contributed by atoms with Gasteiger partial charge in [-0.15, -0.1) is 0 Å². The van der Waals surface area contributed by atoms with Crippen LogP contribution in [0.4, 0.5) is 10.3 Å². The fraction of sp³-hybridized carbons (Fsp3) is 0.276. The van der Waals surface area contributed by atoms with Crippen LogP contribution in [0, 0.1) is 28.5 Å². The average molecular weight is 479 g/mol. The number of halogens is 1. The maximum absolute atomic E-state index is 13.7. The third-order valence-corrected chi connectivity index (χ3v) is 6.90. The van der Waals surface area contributed by atoms with E-state index >= 15 is 0 Å². The van der Waals surface area contributed by atoms with Gasteiger partial charge >= 0.3 is 0 Å². The Morgan fingerprint density at radius 1 is 0.972 bits per heavy atom. The fourth-order valence-electron chi connectivity index (χ4n) is 4.82.